The Kier molecular flexibility index (Phi) is 7.18. The lowest BCUT2D eigenvalue weighted by atomic mass is 9.97. The Hall–Kier alpha value is -0.120. The first-order valence-electron chi connectivity index (χ1n) is 8.43. The van der Waals surface area contributed by atoms with Gasteiger partial charge in [0, 0.05) is 13.2 Å². The molecule has 19 heavy (non-hydrogen) atoms. The van der Waals surface area contributed by atoms with Crippen LogP contribution in [0.2, 0.25) is 0 Å². The van der Waals surface area contributed by atoms with E-state index in [9.17, 15) is 0 Å². The Morgan fingerprint density at radius 2 is 2.00 bits per heavy atom. The maximum atomic E-state index is 5.72. The maximum Gasteiger partial charge on any atom is 0.0576 e. The van der Waals surface area contributed by atoms with Crippen molar-refractivity contribution in [2.24, 2.45) is 5.92 Å². The van der Waals surface area contributed by atoms with Crippen molar-refractivity contribution in [3.05, 3.63) is 0 Å². The standard InChI is InChI=1S/C16H32N2O/c1-2-11-18(14-15-7-9-17-10-8-15)12-3-5-16-6-4-13-19-16/h15-17H,2-14H2,1H3. The first-order chi connectivity index (χ1) is 9.38. The summed E-state index contributed by atoms with van der Waals surface area (Å²) >= 11 is 0. The minimum atomic E-state index is 0.572. The predicted molar refractivity (Wildman–Crippen MR) is 80.5 cm³/mol. The smallest absolute Gasteiger partial charge is 0.0576 e. The van der Waals surface area contributed by atoms with Crippen molar-refractivity contribution < 1.29 is 4.74 Å². The van der Waals surface area contributed by atoms with E-state index in [2.05, 4.69) is 17.1 Å². The maximum absolute atomic E-state index is 5.72. The van der Waals surface area contributed by atoms with Crippen molar-refractivity contribution in [1.29, 1.82) is 0 Å². The topological polar surface area (TPSA) is 24.5 Å². The lowest BCUT2D eigenvalue weighted by Crippen LogP contribution is -2.37. The molecule has 2 aliphatic heterocycles. The molecule has 2 fully saturated rings. The number of nitrogens with one attached hydrogen (secondary N) is 1. The first kappa shape index (κ1) is 15.3. The molecular weight excluding hydrogens is 236 g/mol. The largest absolute Gasteiger partial charge is 0.378 e. The molecular formula is C16H32N2O. The van der Waals surface area contributed by atoms with Crippen LogP contribution in [0.15, 0.2) is 0 Å². The molecule has 0 aromatic rings. The van der Waals surface area contributed by atoms with Crippen LogP contribution in [0.3, 0.4) is 0 Å². The van der Waals surface area contributed by atoms with Gasteiger partial charge >= 0.3 is 0 Å². The molecule has 2 aliphatic rings. The Morgan fingerprint density at radius 1 is 1.16 bits per heavy atom. The van der Waals surface area contributed by atoms with Crippen molar-refractivity contribution in [3.8, 4) is 0 Å². The van der Waals surface area contributed by atoms with Gasteiger partial charge in [0.1, 0.15) is 0 Å². The van der Waals surface area contributed by atoms with Gasteiger partial charge in [0.15, 0.2) is 0 Å². The SMILES string of the molecule is CCCN(CCCC1CCCO1)CC1CCNCC1. The van der Waals surface area contributed by atoms with E-state index < -0.39 is 0 Å². The molecule has 3 heteroatoms. The van der Waals surface area contributed by atoms with E-state index in [1.807, 2.05) is 0 Å². The van der Waals surface area contributed by atoms with Crippen LogP contribution in [0, 0.1) is 5.92 Å². The second-order valence-corrected chi connectivity index (χ2v) is 6.27. The zero-order chi connectivity index (χ0) is 13.3. The van der Waals surface area contributed by atoms with Crippen molar-refractivity contribution >= 4 is 0 Å². The average molecular weight is 268 g/mol. The molecule has 0 radical (unpaired) electrons. The zero-order valence-corrected chi connectivity index (χ0v) is 12.7. The minimum absolute atomic E-state index is 0.572. The number of rotatable bonds is 8. The van der Waals surface area contributed by atoms with Crippen LogP contribution in [-0.2, 0) is 4.74 Å². The van der Waals surface area contributed by atoms with E-state index in [4.69, 9.17) is 4.74 Å². The summed E-state index contributed by atoms with van der Waals surface area (Å²) in [5.41, 5.74) is 0. The predicted octanol–water partition coefficient (Wildman–Crippen LogP) is 2.66. The van der Waals surface area contributed by atoms with Gasteiger partial charge in [0.25, 0.3) is 0 Å². The zero-order valence-electron chi connectivity index (χ0n) is 12.7. The fourth-order valence-corrected chi connectivity index (χ4v) is 3.45. The van der Waals surface area contributed by atoms with Crippen LogP contribution in [-0.4, -0.2) is 50.3 Å². The number of nitrogens with zero attached hydrogens (tertiary/aromatic N) is 1. The van der Waals surface area contributed by atoms with E-state index in [1.165, 1.54) is 77.7 Å². The Balaban J connectivity index is 1.62. The van der Waals surface area contributed by atoms with Crippen molar-refractivity contribution in [1.82, 2.24) is 10.2 Å². The summed E-state index contributed by atoms with van der Waals surface area (Å²) in [6.07, 6.45) is 9.74. The molecule has 1 N–H and O–H groups in total. The quantitative estimate of drug-likeness (QED) is 0.732. The second kappa shape index (κ2) is 8.93. The average Bonchev–Trinajstić information content (AvgIpc) is 2.93. The van der Waals surface area contributed by atoms with Crippen LogP contribution in [0.5, 0.6) is 0 Å². The summed E-state index contributed by atoms with van der Waals surface area (Å²) < 4.78 is 5.72. The molecule has 1 atom stereocenters. The summed E-state index contributed by atoms with van der Waals surface area (Å²) in [7, 11) is 0. The molecule has 3 nitrogen and oxygen atoms in total. The van der Waals surface area contributed by atoms with E-state index in [1.54, 1.807) is 0 Å². The second-order valence-electron chi connectivity index (χ2n) is 6.27. The van der Waals surface area contributed by atoms with Gasteiger partial charge in [-0.15, -0.1) is 0 Å². The third-order valence-electron chi connectivity index (χ3n) is 4.54. The molecule has 1 unspecified atom stereocenters. The third kappa shape index (κ3) is 5.80. The van der Waals surface area contributed by atoms with Gasteiger partial charge in [-0.3, -0.25) is 0 Å². The highest BCUT2D eigenvalue weighted by atomic mass is 16.5. The fourth-order valence-electron chi connectivity index (χ4n) is 3.45. The van der Waals surface area contributed by atoms with Crippen LogP contribution in [0.25, 0.3) is 0 Å². The summed E-state index contributed by atoms with van der Waals surface area (Å²) in [5, 5.41) is 3.47. The van der Waals surface area contributed by atoms with Crippen LogP contribution in [0.4, 0.5) is 0 Å². The van der Waals surface area contributed by atoms with Gasteiger partial charge in [-0.05, 0) is 77.0 Å². The normalized spacial score (nSPS) is 25.3. The van der Waals surface area contributed by atoms with Gasteiger partial charge in [-0.25, -0.2) is 0 Å². The molecule has 0 bridgehead atoms. The van der Waals surface area contributed by atoms with Crippen molar-refractivity contribution in [3.63, 3.8) is 0 Å². The molecule has 2 saturated heterocycles. The Morgan fingerprint density at radius 3 is 2.68 bits per heavy atom. The summed E-state index contributed by atoms with van der Waals surface area (Å²) in [4.78, 5) is 2.70. The van der Waals surface area contributed by atoms with Gasteiger partial charge in [0.05, 0.1) is 6.10 Å². The third-order valence-corrected chi connectivity index (χ3v) is 4.54. The minimum Gasteiger partial charge on any atom is -0.378 e. The van der Waals surface area contributed by atoms with E-state index >= 15 is 0 Å². The summed E-state index contributed by atoms with van der Waals surface area (Å²) in [5.74, 6) is 0.926. The highest BCUT2D eigenvalue weighted by molar-refractivity contribution is 4.73. The molecule has 0 aromatic carbocycles. The van der Waals surface area contributed by atoms with E-state index in [0.29, 0.717) is 6.10 Å². The summed E-state index contributed by atoms with van der Waals surface area (Å²) in [6, 6.07) is 0. The van der Waals surface area contributed by atoms with Crippen LogP contribution >= 0.6 is 0 Å². The van der Waals surface area contributed by atoms with Crippen LogP contribution in [0.1, 0.15) is 51.9 Å². The molecule has 0 amide bonds. The lowest BCUT2D eigenvalue weighted by Gasteiger charge is -2.30. The van der Waals surface area contributed by atoms with Gasteiger partial charge < -0.3 is 15.0 Å². The monoisotopic (exact) mass is 268 g/mol. The highest BCUT2D eigenvalue weighted by Gasteiger charge is 2.18. The molecule has 112 valence electrons. The molecule has 2 heterocycles. The van der Waals surface area contributed by atoms with Gasteiger partial charge in [-0.2, -0.15) is 0 Å². The number of piperidine rings is 1. The van der Waals surface area contributed by atoms with E-state index in [-0.39, 0.29) is 0 Å². The summed E-state index contributed by atoms with van der Waals surface area (Å²) in [6.45, 7) is 9.61. The van der Waals surface area contributed by atoms with Gasteiger partial charge in [-0.1, -0.05) is 6.92 Å². The molecule has 0 spiro atoms. The molecule has 0 aliphatic carbocycles. The molecule has 0 saturated carbocycles. The fraction of sp³-hybridized carbons (Fsp3) is 1.00. The number of ether oxygens (including phenoxy) is 1. The Labute approximate surface area is 119 Å². The number of hydrogen-bond donors (Lipinski definition) is 1. The highest BCUT2D eigenvalue weighted by Crippen LogP contribution is 2.18. The van der Waals surface area contributed by atoms with Crippen molar-refractivity contribution in [2.45, 2.75) is 58.0 Å². The van der Waals surface area contributed by atoms with Crippen LogP contribution < -0.4 is 5.32 Å². The van der Waals surface area contributed by atoms with E-state index in [0.717, 1.165) is 12.5 Å². The molecule has 2 rings (SSSR count). The molecule has 0 aromatic heterocycles. The van der Waals surface area contributed by atoms with Gasteiger partial charge in [0.2, 0.25) is 0 Å². The Bertz CT molecular complexity index is 223. The first-order valence-corrected chi connectivity index (χ1v) is 8.43. The number of hydrogen-bond acceptors (Lipinski definition) is 3. The lowest BCUT2D eigenvalue weighted by molar-refractivity contribution is 0.0972. The van der Waals surface area contributed by atoms with Crippen molar-refractivity contribution in [2.75, 3.05) is 39.3 Å².